The molecule has 24 heavy (non-hydrogen) atoms. The Balaban J connectivity index is 1.46. The highest BCUT2D eigenvalue weighted by Gasteiger charge is 2.39. The number of fused-ring (bicyclic) bond motifs is 1. The molecular formula is C18H22N4O2. The zero-order chi connectivity index (χ0) is 16.5. The summed E-state index contributed by atoms with van der Waals surface area (Å²) in [7, 11) is 0. The van der Waals surface area contributed by atoms with E-state index in [1.807, 2.05) is 30.5 Å². The molecule has 1 unspecified atom stereocenters. The van der Waals surface area contributed by atoms with Crippen LogP contribution in [0.4, 0.5) is 4.79 Å². The fourth-order valence-corrected chi connectivity index (χ4v) is 3.67. The van der Waals surface area contributed by atoms with Crippen molar-refractivity contribution in [3.8, 4) is 0 Å². The first-order valence-corrected chi connectivity index (χ1v) is 8.61. The van der Waals surface area contributed by atoms with Crippen molar-refractivity contribution in [3.05, 3.63) is 36.0 Å². The van der Waals surface area contributed by atoms with Gasteiger partial charge in [0.2, 0.25) is 0 Å². The zero-order valence-electron chi connectivity index (χ0n) is 13.6. The number of para-hydroxylation sites is 1. The van der Waals surface area contributed by atoms with Gasteiger partial charge in [-0.3, -0.25) is 9.69 Å². The molecule has 2 N–H and O–H groups in total. The predicted octanol–water partition coefficient (Wildman–Crippen LogP) is 2.07. The summed E-state index contributed by atoms with van der Waals surface area (Å²) < 4.78 is 0. The zero-order valence-corrected chi connectivity index (χ0v) is 13.6. The number of hydrogen-bond donors (Lipinski definition) is 2. The lowest BCUT2D eigenvalue weighted by atomic mass is 10.1. The number of nitrogens with one attached hydrogen (secondary N) is 2. The van der Waals surface area contributed by atoms with Crippen molar-refractivity contribution >= 4 is 22.8 Å². The van der Waals surface area contributed by atoms with Crippen molar-refractivity contribution in [3.63, 3.8) is 0 Å². The minimum atomic E-state index is -0.471. The molecule has 3 amide bonds. The molecule has 6 nitrogen and oxygen atoms in total. The van der Waals surface area contributed by atoms with E-state index in [0.717, 1.165) is 42.4 Å². The van der Waals surface area contributed by atoms with E-state index >= 15 is 0 Å². The van der Waals surface area contributed by atoms with Gasteiger partial charge in [-0.25, -0.2) is 9.69 Å². The number of carbonyl (C=O) groups is 2. The third-order valence-corrected chi connectivity index (χ3v) is 5.00. The molecular weight excluding hydrogens is 304 g/mol. The van der Waals surface area contributed by atoms with E-state index in [1.165, 1.54) is 11.3 Å². The summed E-state index contributed by atoms with van der Waals surface area (Å²) in [6, 6.07) is 7.27. The number of hydrogen-bond acceptors (Lipinski definition) is 3. The second-order valence-electron chi connectivity index (χ2n) is 6.65. The van der Waals surface area contributed by atoms with E-state index in [1.54, 1.807) is 0 Å². The van der Waals surface area contributed by atoms with Gasteiger partial charge in [-0.05, 0) is 37.6 Å². The number of likely N-dealkylation sites (tertiary alicyclic amines) is 1. The quantitative estimate of drug-likeness (QED) is 0.845. The van der Waals surface area contributed by atoms with Gasteiger partial charge >= 0.3 is 6.03 Å². The van der Waals surface area contributed by atoms with Crippen LogP contribution >= 0.6 is 0 Å². The largest absolute Gasteiger partial charge is 0.361 e. The predicted molar refractivity (Wildman–Crippen MR) is 91.5 cm³/mol. The molecule has 2 fully saturated rings. The van der Waals surface area contributed by atoms with Crippen molar-refractivity contribution in [2.24, 2.45) is 0 Å². The molecule has 2 aromatic rings. The van der Waals surface area contributed by atoms with Gasteiger partial charge in [-0.15, -0.1) is 0 Å². The van der Waals surface area contributed by atoms with Gasteiger partial charge in [0, 0.05) is 23.5 Å². The fourth-order valence-electron chi connectivity index (χ4n) is 3.67. The van der Waals surface area contributed by atoms with Crippen LogP contribution in [0.2, 0.25) is 0 Å². The number of aromatic amines is 1. The Labute approximate surface area is 140 Å². The van der Waals surface area contributed by atoms with Gasteiger partial charge < -0.3 is 10.3 Å². The lowest BCUT2D eigenvalue weighted by Gasteiger charge is -2.29. The van der Waals surface area contributed by atoms with E-state index in [4.69, 9.17) is 0 Å². The number of imide groups is 1. The third-order valence-electron chi connectivity index (χ3n) is 5.00. The minimum absolute atomic E-state index is 0.115. The summed E-state index contributed by atoms with van der Waals surface area (Å²) in [5, 5.41) is 3.95. The number of piperidine rings is 1. The molecule has 0 bridgehead atoms. The highest BCUT2D eigenvalue weighted by atomic mass is 16.2. The molecule has 2 aliphatic rings. The van der Waals surface area contributed by atoms with Crippen molar-refractivity contribution < 1.29 is 9.59 Å². The molecule has 0 aliphatic carbocycles. The molecule has 0 saturated carbocycles. The third kappa shape index (κ3) is 2.78. The summed E-state index contributed by atoms with van der Waals surface area (Å²) in [6.45, 7) is 2.34. The molecule has 1 aromatic heterocycles. The first-order valence-electron chi connectivity index (χ1n) is 8.61. The Morgan fingerprint density at radius 1 is 1.08 bits per heavy atom. The van der Waals surface area contributed by atoms with Crippen LogP contribution in [0.1, 0.15) is 24.8 Å². The average molecular weight is 326 g/mol. The summed E-state index contributed by atoms with van der Waals surface area (Å²) in [6.07, 6.45) is 5.97. The molecule has 3 heterocycles. The number of H-pyrrole nitrogens is 1. The normalized spacial score (nSPS) is 22.3. The number of urea groups is 1. The van der Waals surface area contributed by atoms with E-state index in [2.05, 4.69) is 15.2 Å². The molecule has 0 radical (unpaired) electrons. The second-order valence-corrected chi connectivity index (χ2v) is 6.65. The fraction of sp³-hybridized carbons (Fsp3) is 0.444. The first kappa shape index (κ1) is 15.2. The number of carbonyl (C=O) groups excluding carboxylic acids is 2. The molecule has 4 rings (SSSR count). The number of benzene rings is 1. The summed E-state index contributed by atoms with van der Waals surface area (Å²) in [5.74, 6) is -0.115. The van der Waals surface area contributed by atoms with Crippen LogP contribution in [0.5, 0.6) is 0 Å². The molecule has 2 aliphatic heterocycles. The standard InChI is InChI=1S/C18H22N4O2/c23-17-16(10-13-11-19-15-7-3-2-6-14(13)15)20-18(24)22(17)12-21-8-4-1-5-9-21/h2-3,6-7,11,16,19H,1,4-5,8-10,12H2,(H,20,24). The smallest absolute Gasteiger partial charge is 0.325 e. The van der Waals surface area contributed by atoms with Gasteiger partial charge in [0.25, 0.3) is 5.91 Å². The van der Waals surface area contributed by atoms with E-state index < -0.39 is 6.04 Å². The van der Waals surface area contributed by atoms with Gasteiger partial charge in [-0.1, -0.05) is 24.6 Å². The van der Waals surface area contributed by atoms with Crippen molar-refractivity contribution in [2.45, 2.75) is 31.7 Å². The van der Waals surface area contributed by atoms with E-state index in [0.29, 0.717) is 13.1 Å². The molecule has 2 saturated heterocycles. The molecule has 126 valence electrons. The van der Waals surface area contributed by atoms with Crippen molar-refractivity contribution in [1.82, 2.24) is 20.1 Å². The highest BCUT2D eigenvalue weighted by Crippen LogP contribution is 2.21. The minimum Gasteiger partial charge on any atom is -0.361 e. The number of amides is 3. The second kappa shape index (κ2) is 6.28. The lowest BCUT2D eigenvalue weighted by molar-refractivity contribution is -0.129. The molecule has 6 heteroatoms. The maximum atomic E-state index is 12.7. The number of rotatable bonds is 4. The number of nitrogens with zero attached hydrogens (tertiary/aromatic N) is 2. The van der Waals surface area contributed by atoms with Gasteiger partial charge in [0.05, 0.1) is 6.67 Å². The Hall–Kier alpha value is -2.34. The molecule has 1 aromatic carbocycles. The van der Waals surface area contributed by atoms with E-state index in [-0.39, 0.29) is 11.9 Å². The highest BCUT2D eigenvalue weighted by molar-refractivity contribution is 6.04. The van der Waals surface area contributed by atoms with Crippen molar-refractivity contribution in [2.75, 3.05) is 19.8 Å². The molecule has 0 spiro atoms. The maximum Gasteiger partial charge on any atom is 0.325 e. The summed E-state index contributed by atoms with van der Waals surface area (Å²) >= 11 is 0. The van der Waals surface area contributed by atoms with Gasteiger partial charge in [0.1, 0.15) is 6.04 Å². The summed E-state index contributed by atoms with van der Waals surface area (Å²) in [5.41, 5.74) is 2.11. The lowest BCUT2D eigenvalue weighted by Crippen LogP contribution is -2.44. The van der Waals surface area contributed by atoms with Crippen LogP contribution in [-0.2, 0) is 11.2 Å². The van der Waals surface area contributed by atoms with Crippen molar-refractivity contribution in [1.29, 1.82) is 0 Å². The number of aromatic nitrogens is 1. The maximum absolute atomic E-state index is 12.7. The first-order chi connectivity index (χ1) is 11.7. The van der Waals surface area contributed by atoms with Crippen LogP contribution < -0.4 is 5.32 Å². The Morgan fingerprint density at radius 2 is 1.88 bits per heavy atom. The monoisotopic (exact) mass is 326 g/mol. The average Bonchev–Trinajstić information content (AvgIpc) is 3.13. The topological polar surface area (TPSA) is 68.4 Å². The van der Waals surface area contributed by atoms with Crippen LogP contribution in [0.25, 0.3) is 10.9 Å². The Bertz CT molecular complexity index is 763. The SMILES string of the molecule is O=C1NC(Cc2c[nH]c3ccccc23)C(=O)N1CN1CCCCC1. The Kier molecular flexibility index (Phi) is 3.98. The molecule has 1 atom stereocenters. The van der Waals surface area contributed by atoms with E-state index in [9.17, 15) is 9.59 Å². The Morgan fingerprint density at radius 3 is 2.71 bits per heavy atom. The van der Waals surface area contributed by atoms with Gasteiger partial charge in [-0.2, -0.15) is 0 Å². The van der Waals surface area contributed by atoms with Crippen LogP contribution in [0.15, 0.2) is 30.5 Å². The summed E-state index contributed by atoms with van der Waals surface area (Å²) in [4.78, 5) is 31.7. The van der Waals surface area contributed by atoms with Crippen LogP contribution in [0, 0.1) is 0 Å². The van der Waals surface area contributed by atoms with Gasteiger partial charge in [0.15, 0.2) is 0 Å². The van der Waals surface area contributed by atoms with Crippen LogP contribution in [0.3, 0.4) is 0 Å². The van der Waals surface area contributed by atoms with Crippen LogP contribution in [-0.4, -0.2) is 52.5 Å².